The third-order valence-electron chi connectivity index (χ3n) is 24.2. The molecule has 4 aliphatic carbocycles. The lowest BCUT2D eigenvalue weighted by molar-refractivity contribution is -0.374. The van der Waals surface area contributed by atoms with Gasteiger partial charge in [-0.1, -0.05) is 55.8 Å². The Morgan fingerprint density at radius 1 is 0.576 bits per heavy atom. The summed E-state index contributed by atoms with van der Waals surface area (Å²) in [5.41, 5.74) is -5.96. The van der Waals surface area contributed by atoms with Gasteiger partial charge in [-0.3, -0.25) is 0 Å². The van der Waals surface area contributed by atoms with Gasteiger partial charge in [0.2, 0.25) is 0 Å². The monoisotopic (exact) mass is 1410 g/mol. The molecular weight excluding hydrogens is 1300 g/mol. The molecule has 3 saturated carbocycles. The molecule has 1 aromatic carbocycles. The number of rotatable bonds is 22. The number of hydrogen-bond acceptors (Lipinski definition) is 28. The molecule has 0 amide bonds. The summed E-state index contributed by atoms with van der Waals surface area (Å²) in [6.07, 6.45) is -17.5. The highest BCUT2D eigenvalue weighted by Gasteiger charge is 2.81. The molecule has 0 aromatic heterocycles. The normalized spacial score (nSPS) is 49.8. The molecule has 28 heteroatoms. The maximum atomic E-state index is 13.7. The van der Waals surface area contributed by atoms with Gasteiger partial charge in [-0.2, -0.15) is 0 Å². The predicted molar refractivity (Wildman–Crippen MR) is 345 cm³/mol. The van der Waals surface area contributed by atoms with E-state index < -0.39 is 218 Å². The maximum absolute atomic E-state index is 13.7. The quantitative estimate of drug-likeness (QED) is 0.0457. The average Bonchev–Trinajstić information content (AvgIpc) is 1.58. The highest BCUT2D eigenvalue weighted by atomic mass is 16.8. The molecule has 99 heavy (non-hydrogen) atoms. The second kappa shape index (κ2) is 31.3. The fourth-order valence-corrected chi connectivity index (χ4v) is 18.4. The van der Waals surface area contributed by atoms with Crippen LogP contribution < -0.4 is 0 Å². The third-order valence-corrected chi connectivity index (χ3v) is 24.2. The maximum Gasteiger partial charge on any atom is 0.331 e. The van der Waals surface area contributed by atoms with Gasteiger partial charge in [0.05, 0.1) is 79.2 Å². The molecule has 9 fully saturated rings. The summed E-state index contributed by atoms with van der Waals surface area (Å²) >= 11 is 0. The number of carbonyl (C=O) groups is 1. The Morgan fingerprint density at radius 2 is 1.06 bits per heavy atom. The van der Waals surface area contributed by atoms with Crippen molar-refractivity contribution >= 4 is 12.0 Å². The molecule has 11 rings (SSSR count). The number of aliphatic hydroxyl groups is 9. The van der Waals surface area contributed by atoms with Crippen molar-refractivity contribution in [3.05, 3.63) is 53.6 Å². The fraction of sp³-hybridized carbons (Fsp3) is 0.845. The Balaban J connectivity index is 0.658. The number of ether oxygens (including phenoxy) is 18. The first-order valence-electron chi connectivity index (χ1n) is 35.3. The van der Waals surface area contributed by atoms with E-state index in [9.17, 15) is 50.8 Å². The number of aliphatic hydroxyl groups excluding tert-OH is 6. The van der Waals surface area contributed by atoms with Gasteiger partial charge in [0.15, 0.2) is 37.7 Å². The lowest BCUT2D eigenvalue weighted by Gasteiger charge is -2.67. The SMILES string of the molecule is COC1CC(OC2CCC3(C)C(=CCC4(O)C3CC(OC(=O)C=Cc3ccccc3)C3(C)C(O)(C(C)O)CCC43O)C2)OC(C)C1OC1CC(OC)C(OC2CC(OC)C(OC3CC(OC)C(OC4OC(C)C(OC5OC(CO)C(O)C(O)C5O)C(OC)C4O)C(C)O3)C(C)O2)C(C)O1. The van der Waals surface area contributed by atoms with Gasteiger partial charge in [0.1, 0.15) is 90.1 Å². The minimum atomic E-state index is -1.94. The van der Waals surface area contributed by atoms with Crippen LogP contribution in [0.1, 0.15) is 132 Å². The topological polar surface area (TPSA) is 365 Å². The van der Waals surface area contributed by atoms with E-state index in [1.165, 1.54) is 27.2 Å². The van der Waals surface area contributed by atoms with Gasteiger partial charge in [-0.25, -0.2) is 4.79 Å². The largest absolute Gasteiger partial charge is 0.458 e. The van der Waals surface area contributed by atoms with Crippen LogP contribution in [0, 0.1) is 16.7 Å². The average molecular weight is 1410 g/mol. The first kappa shape index (κ1) is 77.2. The van der Waals surface area contributed by atoms with E-state index in [1.54, 1.807) is 48.2 Å². The number of fused-ring (bicyclic) bond motifs is 5. The molecule has 6 heterocycles. The predicted octanol–water partition coefficient (Wildman–Crippen LogP) is 2.36. The van der Waals surface area contributed by atoms with E-state index in [-0.39, 0.29) is 44.6 Å². The van der Waals surface area contributed by atoms with Crippen molar-refractivity contribution in [1.29, 1.82) is 0 Å². The molecule has 35 atom stereocenters. The number of methoxy groups -OCH3 is 5. The van der Waals surface area contributed by atoms with Crippen LogP contribution in [0.15, 0.2) is 48.1 Å². The molecule has 35 unspecified atom stereocenters. The Labute approximate surface area is 579 Å². The van der Waals surface area contributed by atoms with Crippen LogP contribution in [-0.4, -0.2) is 289 Å². The zero-order chi connectivity index (χ0) is 71.4. The summed E-state index contributed by atoms with van der Waals surface area (Å²) in [4.78, 5) is 13.7. The first-order valence-corrected chi connectivity index (χ1v) is 35.3. The van der Waals surface area contributed by atoms with Gasteiger partial charge >= 0.3 is 5.97 Å². The van der Waals surface area contributed by atoms with E-state index in [1.807, 2.05) is 57.2 Å². The summed E-state index contributed by atoms with van der Waals surface area (Å²) in [5.74, 6) is -1.24. The number of carbonyl (C=O) groups excluding carboxylic acids is 1. The summed E-state index contributed by atoms with van der Waals surface area (Å²) in [6, 6.07) is 9.31. The zero-order valence-electron chi connectivity index (χ0n) is 59.2. The van der Waals surface area contributed by atoms with E-state index in [0.29, 0.717) is 32.1 Å². The van der Waals surface area contributed by atoms with Crippen molar-refractivity contribution < 1.29 is 136 Å². The van der Waals surface area contributed by atoms with Crippen LogP contribution in [0.4, 0.5) is 0 Å². The van der Waals surface area contributed by atoms with Gasteiger partial charge in [-0.15, -0.1) is 0 Å². The van der Waals surface area contributed by atoms with Crippen molar-refractivity contribution in [3.8, 4) is 0 Å². The van der Waals surface area contributed by atoms with Crippen molar-refractivity contribution in [3.63, 3.8) is 0 Å². The lowest BCUT2D eigenvalue weighted by Crippen LogP contribution is -2.78. The highest BCUT2D eigenvalue weighted by molar-refractivity contribution is 5.87. The van der Waals surface area contributed by atoms with Crippen LogP contribution in [0.3, 0.4) is 0 Å². The zero-order valence-corrected chi connectivity index (χ0v) is 59.2. The Kier molecular flexibility index (Phi) is 24.4. The highest BCUT2D eigenvalue weighted by Crippen LogP contribution is 2.71. The van der Waals surface area contributed by atoms with Crippen LogP contribution in [-0.2, 0) is 90.1 Å². The molecule has 562 valence electrons. The van der Waals surface area contributed by atoms with Crippen LogP contribution in [0.2, 0.25) is 0 Å². The molecule has 10 aliphatic rings. The second-order valence-corrected chi connectivity index (χ2v) is 29.6. The molecular formula is C71H110O28. The van der Waals surface area contributed by atoms with Crippen molar-refractivity contribution in [2.45, 2.75) is 321 Å². The van der Waals surface area contributed by atoms with E-state index in [0.717, 1.165) is 11.1 Å². The summed E-state index contributed by atoms with van der Waals surface area (Å²) in [6.45, 7) is 13.7. The van der Waals surface area contributed by atoms with Gasteiger partial charge in [0.25, 0.3) is 0 Å². The number of hydrogen-bond donors (Lipinski definition) is 9. The van der Waals surface area contributed by atoms with Crippen molar-refractivity contribution in [2.75, 3.05) is 42.2 Å². The lowest BCUT2D eigenvalue weighted by atomic mass is 9.42. The first-order chi connectivity index (χ1) is 47.0. The fourth-order valence-electron chi connectivity index (χ4n) is 18.4. The van der Waals surface area contributed by atoms with Crippen molar-refractivity contribution in [2.24, 2.45) is 16.7 Å². The molecule has 1 aromatic rings. The van der Waals surface area contributed by atoms with Gasteiger partial charge < -0.3 is 131 Å². The van der Waals surface area contributed by atoms with E-state index in [2.05, 4.69) is 6.92 Å². The molecule has 28 nitrogen and oxygen atoms in total. The smallest absolute Gasteiger partial charge is 0.331 e. The minimum Gasteiger partial charge on any atom is -0.458 e. The molecule has 6 saturated heterocycles. The number of benzene rings is 1. The second-order valence-electron chi connectivity index (χ2n) is 29.6. The van der Waals surface area contributed by atoms with Crippen LogP contribution >= 0.6 is 0 Å². The Hall–Kier alpha value is -2.87. The standard InChI is InChI=1S/C71H110O28/c1-34-59(43(82-9)28-51(87-34)92-42-22-23-67(7)41(27-42)21-24-70(80)48(67)32-49(94-50(74)20-19-40-17-15-14-16-18-40)68(8)69(79,39(6)73)25-26-71(68,70)81)95-52-29-44(83-10)60(35(2)88-52)96-53-30-45(84-11)61(36(3)89-53)97-54-31-46(85-12)62(37(4)90-54)98-66-58(78)64(86-13)63(38(5)91-66)99-65-57(77)56(76)55(75)47(33-72)93-65/h14-21,34-39,42-49,51-66,72-73,75-81H,22-33H2,1-13H3. The van der Waals surface area contributed by atoms with Gasteiger partial charge in [0, 0.05) is 73.2 Å². The molecule has 0 bridgehead atoms. The van der Waals surface area contributed by atoms with E-state index >= 15 is 0 Å². The summed E-state index contributed by atoms with van der Waals surface area (Å²) in [7, 11) is 7.74. The Morgan fingerprint density at radius 3 is 1.56 bits per heavy atom. The van der Waals surface area contributed by atoms with Crippen LogP contribution in [0.5, 0.6) is 0 Å². The summed E-state index contributed by atoms with van der Waals surface area (Å²) < 4.78 is 113. The number of esters is 1. The summed E-state index contributed by atoms with van der Waals surface area (Å²) in [5, 5.41) is 102. The molecule has 9 N–H and O–H groups in total. The molecule has 0 radical (unpaired) electrons. The minimum absolute atomic E-state index is 0.00528. The molecule has 6 aliphatic heterocycles. The third kappa shape index (κ3) is 14.6. The van der Waals surface area contributed by atoms with Crippen molar-refractivity contribution in [1.82, 2.24) is 0 Å². The van der Waals surface area contributed by atoms with Gasteiger partial charge in [-0.05, 0) is 104 Å². The van der Waals surface area contributed by atoms with Crippen LogP contribution in [0.25, 0.3) is 6.08 Å². The molecule has 0 spiro atoms. The Bertz CT molecular complexity index is 2870. The van der Waals surface area contributed by atoms with E-state index in [4.69, 9.17) is 85.3 Å².